The number of carbonyl (C=O) groups excluding carboxylic acids is 3. The number of hydrogen-bond donors (Lipinski definition) is 2. The summed E-state index contributed by atoms with van der Waals surface area (Å²) >= 11 is 6.79. The van der Waals surface area contributed by atoms with Crippen LogP contribution >= 0.6 is 22.9 Å². The van der Waals surface area contributed by atoms with Crippen molar-refractivity contribution in [2.45, 2.75) is 0 Å². The average molecular weight is 384 g/mol. The Hall–Kier alpha value is -2.98. The zero-order valence-electron chi connectivity index (χ0n) is 12.6. The second kappa shape index (κ2) is 7.73. The Morgan fingerprint density at radius 1 is 1.20 bits per heavy atom. The van der Waals surface area contributed by atoms with Gasteiger partial charge in [0.15, 0.2) is 0 Å². The molecule has 0 saturated carbocycles. The molecule has 0 fully saturated rings. The van der Waals surface area contributed by atoms with Crippen molar-refractivity contribution in [3.05, 3.63) is 55.9 Å². The van der Waals surface area contributed by atoms with Gasteiger partial charge in [0.25, 0.3) is 17.5 Å². The number of nitrogens with one attached hydrogen (secondary N) is 2. The summed E-state index contributed by atoms with van der Waals surface area (Å²) in [6, 6.07) is 4.93. The zero-order chi connectivity index (χ0) is 18.6. The van der Waals surface area contributed by atoms with E-state index in [1.807, 2.05) is 5.32 Å². The lowest BCUT2D eigenvalue weighted by Gasteiger charge is -2.07. The van der Waals surface area contributed by atoms with Crippen LogP contribution in [0.15, 0.2) is 29.6 Å². The summed E-state index contributed by atoms with van der Waals surface area (Å²) in [6.45, 7) is 0. The third-order valence-corrected chi connectivity index (χ3v) is 4.00. The predicted molar refractivity (Wildman–Crippen MR) is 90.2 cm³/mol. The summed E-state index contributed by atoms with van der Waals surface area (Å²) in [5.41, 5.74) is -0.683. The maximum atomic E-state index is 12.4. The number of imide groups is 1. The number of nitro benzene ring substituents is 1. The van der Waals surface area contributed by atoms with E-state index >= 15 is 0 Å². The number of rotatable bonds is 4. The van der Waals surface area contributed by atoms with Crippen LogP contribution < -0.4 is 10.6 Å². The summed E-state index contributed by atoms with van der Waals surface area (Å²) in [5.74, 6) is -1.60. The minimum absolute atomic E-state index is 0.00781. The van der Waals surface area contributed by atoms with E-state index in [0.717, 1.165) is 30.6 Å². The van der Waals surface area contributed by atoms with Crippen molar-refractivity contribution < 1.29 is 24.0 Å². The molecule has 0 aliphatic rings. The van der Waals surface area contributed by atoms with Crippen LogP contribution in [0, 0.1) is 10.1 Å². The number of hydrogen-bond acceptors (Lipinski definition) is 7. The number of halogens is 1. The minimum atomic E-state index is -0.959. The van der Waals surface area contributed by atoms with Gasteiger partial charge in [-0.1, -0.05) is 11.6 Å². The average Bonchev–Trinajstić information content (AvgIpc) is 3.02. The summed E-state index contributed by atoms with van der Waals surface area (Å²) < 4.78 is 4.32. The van der Waals surface area contributed by atoms with Crippen LogP contribution in [0.4, 0.5) is 15.5 Å². The van der Waals surface area contributed by atoms with Gasteiger partial charge in [-0.25, -0.2) is 4.79 Å². The Balaban J connectivity index is 2.27. The van der Waals surface area contributed by atoms with Crippen LogP contribution in [-0.4, -0.2) is 29.9 Å². The van der Waals surface area contributed by atoms with Gasteiger partial charge in [0, 0.05) is 11.1 Å². The Morgan fingerprint density at radius 3 is 2.56 bits per heavy atom. The Labute approximate surface area is 149 Å². The molecule has 1 aromatic carbocycles. The normalized spacial score (nSPS) is 10.0. The van der Waals surface area contributed by atoms with Crippen LogP contribution in [0.5, 0.6) is 0 Å². The third-order valence-electron chi connectivity index (χ3n) is 2.94. The SMILES string of the molecule is COC(=O)NC(=O)c1ccsc1NC(=O)c1cc(Cl)ccc1[N+](=O)[O-]. The van der Waals surface area contributed by atoms with E-state index in [2.05, 4.69) is 10.1 Å². The molecule has 1 aromatic heterocycles. The molecule has 1 heterocycles. The van der Waals surface area contributed by atoms with Crippen LogP contribution in [0.3, 0.4) is 0 Å². The number of anilines is 1. The van der Waals surface area contributed by atoms with Crippen molar-refractivity contribution >= 4 is 51.5 Å². The zero-order valence-corrected chi connectivity index (χ0v) is 14.1. The summed E-state index contributed by atoms with van der Waals surface area (Å²) in [7, 11) is 1.09. The van der Waals surface area contributed by atoms with Gasteiger partial charge in [-0.05, 0) is 23.6 Å². The monoisotopic (exact) mass is 383 g/mol. The number of methoxy groups -OCH3 is 1. The largest absolute Gasteiger partial charge is 0.453 e. The molecule has 130 valence electrons. The lowest BCUT2D eigenvalue weighted by Crippen LogP contribution is -2.30. The molecule has 0 saturated heterocycles. The van der Waals surface area contributed by atoms with Crippen LogP contribution in [-0.2, 0) is 4.74 Å². The van der Waals surface area contributed by atoms with E-state index < -0.39 is 28.5 Å². The lowest BCUT2D eigenvalue weighted by molar-refractivity contribution is -0.385. The number of benzene rings is 1. The van der Waals surface area contributed by atoms with Gasteiger partial charge in [-0.15, -0.1) is 11.3 Å². The smallest absolute Gasteiger partial charge is 0.413 e. The number of amides is 3. The van der Waals surface area contributed by atoms with Crippen LogP contribution in [0.25, 0.3) is 0 Å². The van der Waals surface area contributed by atoms with Gasteiger partial charge in [-0.3, -0.25) is 25.0 Å². The highest BCUT2D eigenvalue weighted by atomic mass is 35.5. The quantitative estimate of drug-likeness (QED) is 0.616. The first-order valence-corrected chi connectivity index (χ1v) is 7.81. The molecule has 11 heteroatoms. The first kappa shape index (κ1) is 18.4. The predicted octanol–water partition coefficient (Wildman–Crippen LogP) is 3.06. The van der Waals surface area contributed by atoms with Crippen molar-refractivity contribution in [2.24, 2.45) is 0 Å². The van der Waals surface area contributed by atoms with Gasteiger partial charge < -0.3 is 10.1 Å². The summed E-state index contributed by atoms with van der Waals surface area (Å²) in [4.78, 5) is 45.7. The van der Waals surface area contributed by atoms with Crippen molar-refractivity contribution in [1.82, 2.24) is 5.32 Å². The first-order chi connectivity index (χ1) is 11.8. The highest BCUT2D eigenvalue weighted by molar-refractivity contribution is 7.14. The molecule has 0 atom stereocenters. The van der Waals surface area contributed by atoms with E-state index in [-0.39, 0.29) is 21.2 Å². The molecule has 0 spiro atoms. The molecule has 2 rings (SSSR count). The Bertz CT molecular complexity index is 866. The van der Waals surface area contributed by atoms with Gasteiger partial charge in [0.05, 0.1) is 17.6 Å². The molecule has 0 aliphatic heterocycles. The Kier molecular flexibility index (Phi) is 5.67. The summed E-state index contributed by atoms with van der Waals surface area (Å²) in [5, 5.41) is 17.2. The standard InChI is InChI=1S/C14H10ClN3O6S/c1-24-14(21)17-11(19)8-4-5-25-13(8)16-12(20)9-6-7(15)2-3-10(9)18(22)23/h2-6H,1H3,(H,16,20)(H,17,19,21). The van der Waals surface area contributed by atoms with E-state index in [9.17, 15) is 24.5 Å². The molecule has 2 N–H and O–H groups in total. The maximum absolute atomic E-state index is 12.4. The van der Waals surface area contributed by atoms with Crippen molar-refractivity contribution in [3.8, 4) is 0 Å². The number of nitro groups is 1. The van der Waals surface area contributed by atoms with Crippen LogP contribution in [0.2, 0.25) is 5.02 Å². The number of nitrogens with zero attached hydrogens (tertiary/aromatic N) is 1. The fourth-order valence-electron chi connectivity index (χ4n) is 1.82. The number of alkyl carbamates (subject to hydrolysis) is 1. The molecule has 3 amide bonds. The van der Waals surface area contributed by atoms with E-state index in [4.69, 9.17) is 11.6 Å². The van der Waals surface area contributed by atoms with Gasteiger partial charge >= 0.3 is 6.09 Å². The van der Waals surface area contributed by atoms with Gasteiger partial charge in [-0.2, -0.15) is 0 Å². The highest BCUT2D eigenvalue weighted by Gasteiger charge is 2.23. The van der Waals surface area contributed by atoms with E-state index in [1.165, 1.54) is 17.5 Å². The van der Waals surface area contributed by atoms with E-state index in [1.54, 1.807) is 0 Å². The molecule has 0 aliphatic carbocycles. The molecule has 9 nitrogen and oxygen atoms in total. The molecule has 0 radical (unpaired) electrons. The molecule has 0 unspecified atom stereocenters. The summed E-state index contributed by atoms with van der Waals surface area (Å²) in [6.07, 6.45) is -0.959. The second-order valence-electron chi connectivity index (χ2n) is 4.48. The topological polar surface area (TPSA) is 128 Å². The number of carbonyl (C=O) groups is 3. The number of thiophene rings is 1. The highest BCUT2D eigenvalue weighted by Crippen LogP contribution is 2.27. The molecular formula is C14H10ClN3O6S. The van der Waals surface area contributed by atoms with Crippen molar-refractivity contribution in [3.63, 3.8) is 0 Å². The molecular weight excluding hydrogens is 374 g/mol. The molecule has 0 bridgehead atoms. The van der Waals surface area contributed by atoms with Crippen molar-refractivity contribution in [1.29, 1.82) is 0 Å². The van der Waals surface area contributed by atoms with Gasteiger partial charge in [0.2, 0.25) is 0 Å². The fourth-order valence-corrected chi connectivity index (χ4v) is 2.77. The number of ether oxygens (including phenoxy) is 1. The van der Waals surface area contributed by atoms with Gasteiger partial charge in [0.1, 0.15) is 10.6 Å². The first-order valence-electron chi connectivity index (χ1n) is 6.55. The van der Waals surface area contributed by atoms with Crippen molar-refractivity contribution in [2.75, 3.05) is 12.4 Å². The Morgan fingerprint density at radius 2 is 1.92 bits per heavy atom. The molecule has 25 heavy (non-hydrogen) atoms. The molecule has 2 aromatic rings. The second-order valence-corrected chi connectivity index (χ2v) is 5.83. The van der Waals surface area contributed by atoms with E-state index in [0.29, 0.717) is 0 Å². The van der Waals surface area contributed by atoms with Crippen LogP contribution in [0.1, 0.15) is 20.7 Å². The third kappa shape index (κ3) is 4.31. The minimum Gasteiger partial charge on any atom is -0.453 e. The fraction of sp³-hybridized carbons (Fsp3) is 0.0714. The maximum Gasteiger partial charge on any atom is 0.413 e. The lowest BCUT2D eigenvalue weighted by atomic mass is 10.1.